The third kappa shape index (κ3) is 10.0. The van der Waals surface area contributed by atoms with Crippen LogP contribution in [0.1, 0.15) is 46.0 Å². The Hall–Kier alpha value is -6.40. The highest BCUT2D eigenvalue weighted by Crippen LogP contribution is 2.40. The van der Waals surface area contributed by atoms with E-state index in [9.17, 15) is 28.8 Å². The molecule has 1 aromatic heterocycles. The van der Waals surface area contributed by atoms with Crippen LogP contribution in [-0.2, 0) is 33.3 Å². The quantitative estimate of drug-likeness (QED) is 0.0663. The summed E-state index contributed by atoms with van der Waals surface area (Å²) in [7, 11) is 1.19. The fourth-order valence-electron chi connectivity index (χ4n) is 7.41. The van der Waals surface area contributed by atoms with E-state index in [1.165, 1.54) is 43.5 Å². The topological polar surface area (TPSA) is 195 Å². The number of halogens is 2. The monoisotopic (exact) mass is 902 g/mol. The second kappa shape index (κ2) is 20.9. The number of carbonyl (C=O) groups is 5. The Morgan fingerprint density at radius 2 is 1.55 bits per heavy atom. The average Bonchev–Trinajstić information content (AvgIpc) is 3.53. The first kappa shape index (κ1) is 45.6. The molecular weight excluding hydrogens is 859 g/mol. The fourth-order valence-corrected chi connectivity index (χ4v) is 7.67. The van der Waals surface area contributed by atoms with E-state index >= 15 is 4.39 Å². The summed E-state index contributed by atoms with van der Waals surface area (Å²) in [5.41, 5.74) is 0.945. The zero-order valence-corrected chi connectivity index (χ0v) is 35.6. The van der Waals surface area contributed by atoms with Gasteiger partial charge in [0.1, 0.15) is 59.9 Å². The maximum absolute atomic E-state index is 15.6. The lowest BCUT2D eigenvalue weighted by Gasteiger charge is -2.27. The lowest BCUT2D eigenvalue weighted by molar-refractivity contribution is -0.145. The first-order chi connectivity index (χ1) is 31.0. The number of nitrogens with one attached hydrogen (secondary N) is 1. The lowest BCUT2D eigenvalue weighted by atomic mass is 9.87. The molecule has 3 atom stereocenters. The highest BCUT2D eigenvalue weighted by molar-refractivity contribution is 6.33. The smallest absolute Gasteiger partial charge is 0.315 e. The summed E-state index contributed by atoms with van der Waals surface area (Å²) in [4.78, 5) is 76.6. The molecule has 0 spiro atoms. The van der Waals surface area contributed by atoms with E-state index in [0.29, 0.717) is 36.7 Å². The molecule has 3 heterocycles. The minimum Gasteiger partial charge on any atom is -0.493 e. The normalized spacial score (nSPS) is 18.2. The molecule has 64 heavy (non-hydrogen) atoms. The molecule has 0 bridgehead atoms. The van der Waals surface area contributed by atoms with Crippen molar-refractivity contribution in [3.63, 3.8) is 0 Å². The second-order valence-electron chi connectivity index (χ2n) is 14.5. The molecule has 1 fully saturated rings. The van der Waals surface area contributed by atoms with Crippen LogP contribution in [0, 0.1) is 5.92 Å². The van der Waals surface area contributed by atoms with E-state index in [1.54, 1.807) is 43.3 Å². The zero-order valence-electron chi connectivity index (χ0n) is 34.9. The number of esters is 1. The first-order valence-corrected chi connectivity index (χ1v) is 20.9. The predicted octanol–water partition coefficient (Wildman–Crippen LogP) is 5.50. The van der Waals surface area contributed by atoms with E-state index in [0.717, 1.165) is 4.90 Å². The number of benzene rings is 3. The van der Waals surface area contributed by atoms with E-state index in [2.05, 4.69) is 5.32 Å². The van der Waals surface area contributed by atoms with Gasteiger partial charge in [-0.05, 0) is 55.3 Å². The molecule has 4 aromatic rings. The van der Waals surface area contributed by atoms with Crippen molar-refractivity contribution in [3.05, 3.63) is 105 Å². The molecule has 0 radical (unpaired) electrons. The molecule has 16 nitrogen and oxygen atoms in total. The molecule has 1 N–H and O–H groups in total. The van der Waals surface area contributed by atoms with Gasteiger partial charge in [-0.2, -0.15) is 0 Å². The Labute approximate surface area is 370 Å². The van der Waals surface area contributed by atoms with Gasteiger partial charge in [-0.1, -0.05) is 35.9 Å². The van der Waals surface area contributed by atoms with Crippen LogP contribution in [-0.4, -0.2) is 113 Å². The van der Waals surface area contributed by atoms with Gasteiger partial charge in [0.2, 0.25) is 11.8 Å². The van der Waals surface area contributed by atoms with Crippen LogP contribution < -0.4 is 25.0 Å². The van der Waals surface area contributed by atoms with Gasteiger partial charge in [0.15, 0.2) is 5.43 Å². The van der Waals surface area contributed by atoms with Crippen molar-refractivity contribution in [1.82, 2.24) is 10.2 Å². The van der Waals surface area contributed by atoms with Crippen LogP contribution in [0.15, 0.2) is 82.0 Å². The number of hydrogen-bond donors (Lipinski definition) is 1. The number of hydrogen-bond acceptors (Lipinski definition) is 14. The maximum Gasteiger partial charge on any atom is 0.315 e. The molecule has 3 unspecified atom stereocenters. The number of amides is 4. The van der Waals surface area contributed by atoms with Crippen LogP contribution >= 0.6 is 11.6 Å². The molecule has 0 saturated carbocycles. The second-order valence-corrected chi connectivity index (χ2v) is 14.9. The summed E-state index contributed by atoms with van der Waals surface area (Å²) in [6.07, 6.45) is 2.90. The Balaban J connectivity index is 0.812. The van der Waals surface area contributed by atoms with Gasteiger partial charge < -0.3 is 37.6 Å². The predicted molar refractivity (Wildman–Crippen MR) is 228 cm³/mol. The zero-order chi connectivity index (χ0) is 45.3. The van der Waals surface area contributed by atoms with Crippen molar-refractivity contribution in [1.29, 1.82) is 0 Å². The summed E-state index contributed by atoms with van der Waals surface area (Å²) >= 11 is 6.62. The number of ether oxygens (including phenoxy) is 7. The third-order valence-corrected chi connectivity index (χ3v) is 10.8. The Morgan fingerprint density at radius 1 is 0.828 bits per heavy atom. The van der Waals surface area contributed by atoms with Crippen LogP contribution in [0.2, 0.25) is 5.02 Å². The molecular formula is C46H44ClFN2O14. The minimum absolute atomic E-state index is 0.0273. The fraction of sp³-hybridized carbons (Fsp3) is 0.348. The highest BCUT2D eigenvalue weighted by atomic mass is 35.5. The van der Waals surface area contributed by atoms with E-state index in [1.807, 2.05) is 0 Å². The molecule has 2 aliphatic heterocycles. The van der Waals surface area contributed by atoms with Crippen LogP contribution in [0.4, 0.5) is 4.39 Å². The first-order valence-electron chi connectivity index (χ1n) is 20.5. The van der Waals surface area contributed by atoms with Gasteiger partial charge in [-0.25, -0.2) is 4.39 Å². The molecule has 18 heteroatoms. The summed E-state index contributed by atoms with van der Waals surface area (Å²) in [6.45, 7) is 3.95. The van der Waals surface area contributed by atoms with Crippen LogP contribution in [0.3, 0.4) is 0 Å². The highest BCUT2D eigenvalue weighted by Gasteiger charge is 2.46. The number of carbonyl (C=O) groups excluding carboxylic acids is 5. The van der Waals surface area contributed by atoms with Crippen molar-refractivity contribution in [2.75, 3.05) is 66.6 Å². The third-order valence-electron chi connectivity index (χ3n) is 10.5. The van der Waals surface area contributed by atoms with E-state index in [4.69, 9.17) is 49.2 Å². The molecule has 336 valence electrons. The standard InChI is InChI=1S/C46H44ClFN2O14/c1-3-61-37-25-39-32(23-31(37)27-6-4-8-30(42(27)48)46(56)57-2)35(51)24-38(64-39)28-11-10-26(22-33(28)47)62-20-18-59-16-14-58-15-17-60-19-21-63-36-9-5-7-29-41(36)45(55)50(44(29)54)34-12-13-40(52)49-43(34)53/h4-11,22-25,30,34,42H,3,12-21H2,1-2H3,(H,49,52,53). The van der Waals surface area contributed by atoms with Crippen LogP contribution in [0.5, 0.6) is 17.2 Å². The van der Waals surface area contributed by atoms with Gasteiger partial charge in [-0.15, -0.1) is 0 Å². The number of methoxy groups -OCH3 is 1. The number of allylic oxidation sites excluding steroid dienone is 3. The van der Waals surface area contributed by atoms with Gasteiger partial charge >= 0.3 is 5.97 Å². The van der Waals surface area contributed by atoms with Crippen molar-refractivity contribution in [2.24, 2.45) is 5.92 Å². The number of piperidine rings is 1. The number of nitrogens with zero attached hydrogens (tertiary/aromatic N) is 1. The van der Waals surface area contributed by atoms with Gasteiger partial charge in [0, 0.05) is 29.7 Å². The minimum atomic E-state index is -1.72. The number of rotatable bonds is 20. The molecule has 1 saturated heterocycles. The Bertz CT molecular complexity index is 2570. The molecule has 3 aliphatic rings. The summed E-state index contributed by atoms with van der Waals surface area (Å²) in [6, 6.07) is 12.8. The summed E-state index contributed by atoms with van der Waals surface area (Å²) < 4.78 is 60.6. The largest absolute Gasteiger partial charge is 0.493 e. The van der Waals surface area contributed by atoms with E-state index < -0.39 is 53.2 Å². The maximum atomic E-state index is 15.6. The summed E-state index contributed by atoms with van der Waals surface area (Å²) in [5, 5.41) is 2.63. The number of alkyl halides is 1. The van der Waals surface area contributed by atoms with Crippen molar-refractivity contribution in [2.45, 2.75) is 32.0 Å². The van der Waals surface area contributed by atoms with Crippen molar-refractivity contribution < 1.29 is 65.9 Å². The van der Waals surface area contributed by atoms with Gasteiger partial charge in [-0.3, -0.25) is 39.0 Å². The van der Waals surface area contributed by atoms with Crippen molar-refractivity contribution >= 4 is 57.7 Å². The molecule has 4 amide bonds. The molecule has 1 aliphatic carbocycles. The Morgan fingerprint density at radius 3 is 2.23 bits per heavy atom. The lowest BCUT2D eigenvalue weighted by Crippen LogP contribution is -2.54. The molecule has 7 rings (SSSR count). The summed E-state index contributed by atoms with van der Waals surface area (Å²) in [5.74, 6) is -3.12. The van der Waals surface area contributed by atoms with Crippen LogP contribution in [0.25, 0.3) is 27.9 Å². The van der Waals surface area contributed by atoms with Crippen molar-refractivity contribution in [3.8, 4) is 28.6 Å². The SMILES string of the molecule is CCOc1cc2oc(-c3ccc(OCCOCCOCCOCCOc4cccc5c4C(=O)N(C4CCC(=O)NC4=O)C5=O)cc3Cl)cc(=O)c2cc1C1=CC=CC(C(=O)OC)C1F. The molecule has 3 aromatic carbocycles. The van der Waals surface area contributed by atoms with Gasteiger partial charge in [0.25, 0.3) is 11.8 Å². The van der Waals surface area contributed by atoms with Gasteiger partial charge in [0.05, 0.1) is 74.9 Å². The number of fused-ring (bicyclic) bond motifs is 2. The van der Waals surface area contributed by atoms with E-state index in [-0.39, 0.29) is 102 Å². The Kier molecular flexibility index (Phi) is 14.9. The number of imide groups is 2. The average molecular weight is 903 g/mol.